The largest absolute Gasteiger partial charge is 0.494 e. The molecule has 2 aromatic rings. The van der Waals surface area contributed by atoms with Crippen LogP contribution in [0.15, 0.2) is 18.2 Å². The van der Waals surface area contributed by atoms with Gasteiger partial charge in [-0.3, -0.25) is 0 Å². The topological polar surface area (TPSA) is 57.7 Å². The molecule has 22 heavy (non-hydrogen) atoms. The van der Waals surface area contributed by atoms with Crippen molar-refractivity contribution < 1.29 is 19.0 Å². The summed E-state index contributed by atoms with van der Waals surface area (Å²) in [5, 5.41) is 1.10. The first-order chi connectivity index (χ1) is 10.4. The lowest BCUT2D eigenvalue weighted by Crippen LogP contribution is -2.18. The lowest BCUT2D eigenvalue weighted by molar-refractivity contribution is -0.149. The predicted octanol–water partition coefficient (Wildman–Crippen LogP) is 3.54. The molecule has 6 heteroatoms. The fourth-order valence-electron chi connectivity index (χ4n) is 2.08. The molecular weight excluding hydrogens is 306 g/mol. The molecule has 0 saturated heterocycles. The van der Waals surface area contributed by atoms with Gasteiger partial charge in [-0.05, 0) is 32.9 Å². The summed E-state index contributed by atoms with van der Waals surface area (Å²) in [7, 11) is 1.56. The second-order valence-corrected chi connectivity index (χ2v) is 5.47. The number of hydrogen-bond acceptors (Lipinski definition) is 5. The van der Waals surface area contributed by atoms with Gasteiger partial charge in [0.2, 0.25) is 0 Å². The van der Waals surface area contributed by atoms with Gasteiger partial charge in [0, 0.05) is 11.8 Å². The summed E-state index contributed by atoms with van der Waals surface area (Å²) in [5.41, 5.74) is 1.34. The van der Waals surface area contributed by atoms with Gasteiger partial charge in [-0.25, -0.2) is 9.78 Å². The molecule has 0 radical (unpaired) electrons. The van der Waals surface area contributed by atoms with E-state index in [0.29, 0.717) is 27.4 Å². The molecule has 0 aliphatic heterocycles. The molecule has 0 spiro atoms. The number of pyridine rings is 1. The zero-order valence-electron chi connectivity index (χ0n) is 13.0. The van der Waals surface area contributed by atoms with Crippen LogP contribution in [0.2, 0.25) is 5.02 Å². The van der Waals surface area contributed by atoms with Crippen LogP contribution in [0, 0.1) is 6.92 Å². The number of methoxy groups -OCH3 is 1. The zero-order valence-corrected chi connectivity index (χ0v) is 13.7. The van der Waals surface area contributed by atoms with Gasteiger partial charge in [0.1, 0.15) is 17.0 Å². The molecule has 0 fully saturated rings. The molecule has 118 valence electrons. The van der Waals surface area contributed by atoms with Crippen molar-refractivity contribution in [2.24, 2.45) is 0 Å². The maximum Gasteiger partial charge on any atom is 0.344 e. The SMILES string of the molecule is COc1ccc(Cl)c2c(OCC(=O)OC(C)C)cc(C)nc12. The molecule has 2 rings (SSSR count). The number of carbonyl (C=O) groups is 1. The molecule has 0 N–H and O–H groups in total. The van der Waals surface area contributed by atoms with Gasteiger partial charge < -0.3 is 14.2 Å². The van der Waals surface area contributed by atoms with Crippen LogP contribution in [-0.4, -0.2) is 30.8 Å². The summed E-state index contributed by atoms with van der Waals surface area (Å²) >= 11 is 6.25. The smallest absolute Gasteiger partial charge is 0.344 e. The number of nitrogens with zero attached hydrogens (tertiary/aromatic N) is 1. The zero-order chi connectivity index (χ0) is 16.3. The Bertz CT molecular complexity index is 700. The Balaban J connectivity index is 2.39. The number of esters is 1. The normalized spacial score (nSPS) is 10.8. The Morgan fingerprint density at radius 1 is 1.32 bits per heavy atom. The van der Waals surface area contributed by atoms with Crippen molar-refractivity contribution in [3.63, 3.8) is 0 Å². The minimum absolute atomic E-state index is 0.185. The Morgan fingerprint density at radius 2 is 2.05 bits per heavy atom. The van der Waals surface area contributed by atoms with Crippen LogP contribution in [-0.2, 0) is 9.53 Å². The lowest BCUT2D eigenvalue weighted by atomic mass is 10.1. The van der Waals surface area contributed by atoms with Crippen molar-refractivity contribution in [3.8, 4) is 11.5 Å². The van der Waals surface area contributed by atoms with E-state index in [4.69, 9.17) is 25.8 Å². The van der Waals surface area contributed by atoms with Crippen molar-refractivity contribution in [1.82, 2.24) is 4.98 Å². The maximum absolute atomic E-state index is 11.6. The van der Waals surface area contributed by atoms with Crippen LogP contribution < -0.4 is 9.47 Å². The van der Waals surface area contributed by atoms with Gasteiger partial charge in [-0.2, -0.15) is 0 Å². The third-order valence-electron chi connectivity index (χ3n) is 2.90. The first-order valence-electron chi connectivity index (χ1n) is 6.88. The van der Waals surface area contributed by atoms with E-state index in [2.05, 4.69) is 4.98 Å². The Hall–Kier alpha value is -2.01. The van der Waals surface area contributed by atoms with Crippen molar-refractivity contribution in [3.05, 3.63) is 28.9 Å². The Labute approximate surface area is 134 Å². The predicted molar refractivity (Wildman–Crippen MR) is 84.8 cm³/mol. The van der Waals surface area contributed by atoms with Crippen LogP contribution in [0.25, 0.3) is 10.9 Å². The standard InChI is InChI=1S/C16H18ClNO4/c1-9(2)22-14(19)8-21-13-7-10(3)18-16-12(20-4)6-5-11(17)15(13)16/h5-7,9H,8H2,1-4H3. The number of carbonyl (C=O) groups excluding carboxylic acids is 1. The number of hydrogen-bond donors (Lipinski definition) is 0. The second-order valence-electron chi connectivity index (χ2n) is 5.06. The third-order valence-corrected chi connectivity index (χ3v) is 3.21. The molecule has 1 aromatic heterocycles. The average Bonchev–Trinajstić information content (AvgIpc) is 2.44. The van der Waals surface area contributed by atoms with E-state index in [1.54, 1.807) is 39.2 Å². The molecule has 0 unspecified atom stereocenters. The average molecular weight is 324 g/mol. The minimum Gasteiger partial charge on any atom is -0.494 e. The Kier molecular flexibility index (Phi) is 5.08. The van der Waals surface area contributed by atoms with Crippen LogP contribution in [0.4, 0.5) is 0 Å². The molecule has 0 bridgehead atoms. The van der Waals surface area contributed by atoms with Gasteiger partial charge in [0.15, 0.2) is 6.61 Å². The quantitative estimate of drug-likeness (QED) is 0.788. The fourth-order valence-corrected chi connectivity index (χ4v) is 2.32. The number of rotatable bonds is 5. The second kappa shape index (κ2) is 6.83. The van der Waals surface area contributed by atoms with Crippen molar-refractivity contribution in [2.45, 2.75) is 26.9 Å². The lowest BCUT2D eigenvalue weighted by Gasteiger charge is -2.13. The Morgan fingerprint density at radius 3 is 2.68 bits per heavy atom. The van der Waals surface area contributed by atoms with E-state index < -0.39 is 5.97 Å². The molecular formula is C16H18ClNO4. The van der Waals surface area contributed by atoms with E-state index in [1.807, 2.05) is 6.92 Å². The number of ether oxygens (including phenoxy) is 3. The van der Waals surface area contributed by atoms with Crippen molar-refractivity contribution in [1.29, 1.82) is 0 Å². The molecule has 1 aromatic carbocycles. The summed E-state index contributed by atoms with van der Waals surface area (Å²) in [6, 6.07) is 5.18. The van der Waals surface area contributed by atoms with Gasteiger partial charge in [0.05, 0.1) is 23.6 Å². The number of halogens is 1. The number of aromatic nitrogens is 1. The number of benzene rings is 1. The molecule has 0 amide bonds. The summed E-state index contributed by atoms with van der Waals surface area (Å²) in [6.45, 7) is 5.21. The van der Waals surface area contributed by atoms with Crippen LogP contribution in [0.3, 0.4) is 0 Å². The van der Waals surface area contributed by atoms with Crippen LogP contribution in [0.1, 0.15) is 19.5 Å². The van der Waals surface area contributed by atoms with E-state index in [1.165, 1.54) is 0 Å². The molecule has 0 aliphatic rings. The van der Waals surface area contributed by atoms with Gasteiger partial charge in [0.25, 0.3) is 0 Å². The van der Waals surface area contributed by atoms with E-state index >= 15 is 0 Å². The molecule has 0 saturated carbocycles. The summed E-state index contributed by atoms with van der Waals surface area (Å²) in [6.07, 6.45) is -0.185. The fraction of sp³-hybridized carbons (Fsp3) is 0.375. The van der Waals surface area contributed by atoms with Crippen LogP contribution in [0.5, 0.6) is 11.5 Å². The van der Waals surface area contributed by atoms with Crippen molar-refractivity contribution in [2.75, 3.05) is 13.7 Å². The summed E-state index contributed by atoms with van der Waals surface area (Å²) in [5.74, 6) is 0.640. The van der Waals surface area contributed by atoms with Gasteiger partial charge in [-0.1, -0.05) is 11.6 Å². The van der Waals surface area contributed by atoms with Crippen LogP contribution >= 0.6 is 11.6 Å². The summed E-state index contributed by atoms with van der Waals surface area (Å²) in [4.78, 5) is 16.1. The van der Waals surface area contributed by atoms with E-state index in [9.17, 15) is 4.79 Å². The highest BCUT2D eigenvalue weighted by atomic mass is 35.5. The van der Waals surface area contributed by atoms with Crippen molar-refractivity contribution >= 4 is 28.5 Å². The monoisotopic (exact) mass is 323 g/mol. The van der Waals surface area contributed by atoms with Gasteiger partial charge in [-0.15, -0.1) is 0 Å². The highest BCUT2D eigenvalue weighted by Crippen LogP contribution is 2.36. The highest BCUT2D eigenvalue weighted by Gasteiger charge is 2.15. The summed E-state index contributed by atoms with van der Waals surface area (Å²) < 4.78 is 15.9. The first kappa shape index (κ1) is 16.4. The minimum atomic E-state index is -0.434. The maximum atomic E-state index is 11.6. The molecule has 0 aliphatic carbocycles. The van der Waals surface area contributed by atoms with E-state index in [0.717, 1.165) is 5.69 Å². The third kappa shape index (κ3) is 3.60. The number of aryl methyl sites for hydroxylation is 1. The first-order valence-corrected chi connectivity index (χ1v) is 7.26. The van der Waals surface area contributed by atoms with E-state index in [-0.39, 0.29) is 12.7 Å². The molecule has 1 heterocycles. The highest BCUT2D eigenvalue weighted by molar-refractivity contribution is 6.36. The van der Waals surface area contributed by atoms with Gasteiger partial charge >= 0.3 is 5.97 Å². The number of fused-ring (bicyclic) bond motifs is 1. The molecule has 0 atom stereocenters. The molecule has 5 nitrogen and oxygen atoms in total.